The van der Waals surface area contributed by atoms with E-state index in [0.29, 0.717) is 25.8 Å². The molecule has 1 aliphatic rings. The van der Waals surface area contributed by atoms with E-state index in [1.165, 1.54) is 11.8 Å². The number of rotatable bonds is 24. The van der Waals surface area contributed by atoms with Crippen molar-refractivity contribution in [1.82, 2.24) is 36.8 Å². The van der Waals surface area contributed by atoms with Gasteiger partial charge in [0, 0.05) is 18.7 Å². The van der Waals surface area contributed by atoms with Crippen molar-refractivity contribution in [2.45, 2.75) is 149 Å². The molecular formula is C38H66N8O11S. The predicted molar refractivity (Wildman–Crippen MR) is 217 cm³/mol. The maximum absolute atomic E-state index is 13.7. The van der Waals surface area contributed by atoms with Gasteiger partial charge in [-0.2, -0.15) is 12.6 Å². The molecule has 1 saturated heterocycles. The lowest BCUT2D eigenvalue weighted by Crippen LogP contribution is -2.61. The lowest BCUT2D eigenvalue weighted by molar-refractivity contribution is -0.144. The number of carboxylic acid groups (broad SMARTS) is 2. The number of carboxylic acids is 2. The van der Waals surface area contributed by atoms with Crippen molar-refractivity contribution in [2.75, 3.05) is 12.3 Å². The Morgan fingerprint density at radius 3 is 1.66 bits per heavy atom. The Bertz CT molecular complexity index is 1480. The maximum atomic E-state index is 13.7. The first-order valence-electron chi connectivity index (χ1n) is 19.8. The van der Waals surface area contributed by atoms with Gasteiger partial charge in [0.15, 0.2) is 0 Å². The van der Waals surface area contributed by atoms with Gasteiger partial charge in [-0.25, -0.2) is 4.79 Å². The summed E-state index contributed by atoms with van der Waals surface area (Å²) in [4.78, 5) is 118. The molecule has 0 bridgehead atoms. The van der Waals surface area contributed by atoms with Crippen molar-refractivity contribution in [2.24, 2.45) is 29.4 Å². The smallest absolute Gasteiger partial charge is 0.326 e. The van der Waals surface area contributed by atoms with Crippen LogP contribution in [-0.4, -0.2) is 129 Å². The topological polar surface area (TPSA) is 296 Å². The molecule has 1 fully saturated rings. The monoisotopic (exact) mass is 842 g/mol. The third kappa shape index (κ3) is 16.8. The summed E-state index contributed by atoms with van der Waals surface area (Å²) in [6.45, 7) is 15.6. The van der Waals surface area contributed by atoms with Crippen LogP contribution in [0.4, 0.5) is 0 Å². The largest absolute Gasteiger partial charge is 0.481 e. The molecule has 0 aromatic heterocycles. The van der Waals surface area contributed by atoms with Gasteiger partial charge in [-0.05, 0) is 62.7 Å². The SMILES string of the molecule is CC(C)C[C@H](NC(=O)[C@@H](NC(=O)[C@H](CS)NC(=O)[C@H](C)NC(=O)[C@@H]1CCCN1C(=O)[C@@H](N)CC(C)C)C(C)C)C(=O)N[C@@H](CCC(=O)O)C(=O)N[C@H](C(=O)O)C(C)C. The van der Waals surface area contributed by atoms with Crippen molar-refractivity contribution < 1.29 is 53.4 Å². The van der Waals surface area contributed by atoms with Crippen LogP contribution in [0.5, 0.6) is 0 Å². The first-order valence-corrected chi connectivity index (χ1v) is 20.5. The first kappa shape index (κ1) is 51.6. The molecule has 7 amide bonds. The van der Waals surface area contributed by atoms with Crippen LogP contribution in [0.2, 0.25) is 0 Å². The molecule has 0 aromatic carbocycles. The van der Waals surface area contributed by atoms with Crippen LogP contribution in [-0.2, 0) is 43.2 Å². The average Bonchev–Trinajstić information content (AvgIpc) is 3.61. The van der Waals surface area contributed by atoms with Crippen LogP contribution < -0.4 is 37.6 Å². The molecular weight excluding hydrogens is 777 g/mol. The van der Waals surface area contributed by atoms with E-state index in [4.69, 9.17) is 5.73 Å². The summed E-state index contributed by atoms with van der Waals surface area (Å²) in [5, 5.41) is 33.9. The number of amides is 7. The molecule has 0 aliphatic carbocycles. The zero-order valence-corrected chi connectivity index (χ0v) is 36.0. The molecule has 58 heavy (non-hydrogen) atoms. The second kappa shape index (κ2) is 24.5. The van der Waals surface area contributed by atoms with Crippen LogP contribution in [0, 0.1) is 23.7 Å². The Labute approximate surface area is 346 Å². The third-order valence-electron chi connectivity index (χ3n) is 9.55. The predicted octanol–water partition coefficient (Wildman–Crippen LogP) is -0.483. The highest BCUT2D eigenvalue weighted by Crippen LogP contribution is 2.20. The molecule has 1 aliphatic heterocycles. The lowest BCUT2D eigenvalue weighted by Gasteiger charge is -2.29. The van der Waals surface area contributed by atoms with Crippen molar-refractivity contribution in [3.63, 3.8) is 0 Å². The number of hydrogen-bond acceptors (Lipinski definition) is 11. The van der Waals surface area contributed by atoms with Gasteiger partial charge in [-0.1, -0.05) is 55.4 Å². The van der Waals surface area contributed by atoms with Crippen molar-refractivity contribution >= 4 is 65.9 Å². The molecule has 330 valence electrons. The number of likely N-dealkylation sites (tertiary alicyclic amines) is 1. The fourth-order valence-electron chi connectivity index (χ4n) is 6.32. The van der Waals surface area contributed by atoms with Crippen LogP contribution in [0.15, 0.2) is 0 Å². The summed E-state index contributed by atoms with van der Waals surface area (Å²) in [6, 6.07) is -9.19. The molecule has 0 unspecified atom stereocenters. The van der Waals surface area contributed by atoms with Crippen molar-refractivity contribution in [3.05, 3.63) is 0 Å². The van der Waals surface area contributed by atoms with E-state index in [1.807, 2.05) is 13.8 Å². The Hall–Kier alpha value is -4.46. The number of nitrogens with one attached hydrogen (secondary N) is 6. The number of nitrogens with two attached hydrogens (primary N) is 1. The Morgan fingerprint density at radius 1 is 0.655 bits per heavy atom. The summed E-state index contributed by atoms with van der Waals surface area (Å²) in [5.41, 5.74) is 6.09. The minimum Gasteiger partial charge on any atom is -0.481 e. The molecule has 0 saturated carbocycles. The van der Waals surface area contributed by atoms with E-state index in [-0.39, 0.29) is 36.3 Å². The summed E-state index contributed by atoms with van der Waals surface area (Å²) in [6.07, 6.45) is 0.621. The normalized spacial score (nSPS) is 17.7. The molecule has 20 heteroatoms. The van der Waals surface area contributed by atoms with E-state index in [9.17, 15) is 53.4 Å². The van der Waals surface area contributed by atoms with Crippen LogP contribution in [0.3, 0.4) is 0 Å². The Kier molecular flexibility index (Phi) is 21.7. The van der Waals surface area contributed by atoms with Crippen LogP contribution in [0.25, 0.3) is 0 Å². The average molecular weight is 843 g/mol. The lowest BCUT2D eigenvalue weighted by atomic mass is 9.99. The zero-order valence-electron chi connectivity index (χ0n) is 35.1. The first-order chi connectivity index (χ1) is 26.9. The second-order valence-corrected chi connectivity index (χ2v) is 16.7. The molecule has 8 atom stereocenters. The summed E-state index contributed by atoms with van der Waals surface area (Å²) >= 11 is 4.21. The summed E-state index contributed by atoms with van der Waals surface area (Å²) < 4.78 is 0. The number of thiol groups is 1. The number of carbonyl (C=O) groups excluding carboxylic acids is 7. The van der Waals surface area contributed by atoms with E-state index in [0.717, 1.165) is 0 Å². The molecule has 19 nitrogen and oxygen atoms in total. The van der Waals surface area contributed by atoms with E-state index in [1.54, 1.807) is 41.5 Å². The van der Waals surface area contributed by atoms with Crippen LogP contribution in [0.1, 0.15) is 101 Å². The quantitative estimate of drug-likeness (QED) is 0.0552. The van der Waals surface area contributed by atoms with Gasteiger partial charge in [0.2, 0.25) is 41.4 Å². The standard InChI is InChI=1S/C38H66N8O11S/c1-18(2)15-23(39)37(55)46-14-10-11-27(46)35(53)40-22(9)31(49)43-26(17-58)34(52)44-29(20(5)6)36(54)42-25(16-19(3)4)33(51)41-24(12-13-28(47)48)32(50)45-30(21(7)8)38(56)57/h18-27,29-30,58H,10-17,39H2,1-9H3,(H,40,53)(H,41,51)(H,42,54)(H,43,49)(H,44,52)(H,45,50)(H,47,48)(H,56,57)/t22-,23-,24-,25-,26-,27-,29-,30-/m0/s1. The van der Waals surface area contributed by atoms with Crippen molar-refractivity contribution in [1.29, 1.82) is 0 Å². The minimum absolute atomic E-state index is 0.0732. The van der Waals surface area contributed by atoms with Gasteiger partial charge in [0.05, 0.1) is 6.04 Å². The molecule has 0 aromatic rings. The zero-order chi connectivity index (χ0) is 44.6. The Balaban J connectivity index is 3.08. The number of hydrogen-bond donors (Lipinski definition) is 10. The van der Waals surface area contributed by atoms with E-state index >= 15 is 0 Å². The molecule has 0 spiro atoms. The minimum atomic E-state index is -1.45. The Morgan fingerprint density at radius 2 is 1.16 bits per heavy atom. The molecule has 0 radical (unpaired) electrons. The van der Waals surface area contributed by atoms with Gasteiger partial charge >= 0.3 is 11.9 Å². The molecule has 1 rings (SSSR count). The van der Waals surface area contributed by atoms with Gasteiger partial charge in [0.1, 0.15) is 42.3 Å². The third-order valence-corrected chi connectivity index (χ3v) is 9.91. The maximum Gasteiger partial charge on any atom is 0.326 e. The van der Waals surface area contributed by atoms with Gasteiger partial charge in [0.25, 0.3) is 0 Å². The van der Waals surface area contributed by atoms with Gasteiger partial charge in [-0.15, -0.1) is 0 Å². The number of carbonyl (C=O) groups is 9. The van der Waals surface area contributed by atoms with Crippen LogP contribution >= 0.6 is 12.6 Å². The molecule has 1 heterocycles. The summed E-state index contributed by atoms with van der Waals surface area (Å²) in [7, 11) is 0. The second-order valence-electron chi connectivity index (χ2n) is 16.4. The van der Waals surface area contributed by atoms with Gasteiger partial charge in [-0.3, -0.25) is 38.4 Å². The van der Waals surface area contributed by atoms with E-state index in [2.05, 4.69) is 44.5 Å². The summed E-state index contributed by atoms with van der Waals surface area (Å²) in [5.74, 6) is -8.72. The fourth-order valence-corrected chi connectivity index (χ4v) is 6.58. The van der Waals surface area contributed by atoms with E-state index < -0.39 is 114 Å². The number of nitrogens with zero attached hydrogens (tertiary/aromatic N) is 1. The van der Waals surface area contributed by atoms with Crippen molar-refractivity contribution in [3.8, 4) is 0 Å². The highest BCUT2D eigenvalue weighted by Gasteiger charge is 2.38. The fraction of sp³-hybridized carbons (Fsp3) is 0.763. The van der Waals surface area contributed by atoms with Gasteiger partial charge < -0.3 is 52.7 Å². The highest BCUT2D eigenvalue weighted by molar-refractivity contribution is 7.80. The number of aliphatic carboxylic acids is 2. The molecule has 10 N–H and O–H groups in total. The highest BCUT2D eigenvalue weighted by atomic mass is 32.1.